The molecule has 5 nitrogen and oxygen atoms in total. The van der Waals surface area contributed by atoms with E-state index in [1.54, 1.807) is 24.1 Å². The first kappa shape index (κ1) is 26.8. The molecule has 2 aromatic carbocycles. The number of pyridine rings is 1. The average molecular weight is 518 g/mol. The summed E-state index contributed by atoms with van der Waals surface area (Å²) in [5, 5.41) is 10.6. The highest BCUT2D eigenvalue weighted by Gasteiger charge is 2.48. The van der Waals surface area contributed by atoms with E-state index in [9.17, 15) is 14.4 Å². The molecule has 0 aliphatic carbocycles. The highest BCUT2D eigenvalue weighted by molar-refractivity contribution is 6.78. The van der Waals surface area contributed by atoms with Crippen LogP contribution in [0.1, 0.15) is 74.2 Å². The number of amides is 1. The van der Waals surface area contributed by atoms with Crippen LogP contribution in [0.15, 0.2) is 36.5 Å². The number of benzene rings is 2. The topological polar surface area (TPSA) is 66.2 Å². The van der Waals surface area contributed by atoms with Crippen LogP contribution >= 0.6 is 0 Å². The standard InChI is InChI=1S/C30H36FN3O2Si/c1-18(2)37(19(3)4,20(5)6)36-29-27-26(17-34(7)30(27)35)24(12-13-32)25-15-22(16-33-28(25)29)14-21-8-10-23(31)11-9-21/h8-11,15-16,18-20H,12,14,17H2,1-7H3. The van der Waals surface area contributed by atoms with Crippen molar-refractivity contribution in [2.24, 2.45) is 0 Å². The molecule has 0 N–H and O–H groups in total. The Hall–Kier alpha value is -3.24. The van der Waals surface area contributed by atoms with Crippen molar-refractivity contribution in [3.05, 3.63) is 70.2 Å². The predicted molar refractivity (Wildman–Crippen MR) is 148 cm³/mol. The fraction of sp³-hybridized carbons (Fsp3) is 0.433. The fourth-order valence-electron chi connectivity index (χ4n) is 6.23. The van der Waals surface area contributed by atoms with Crippen molar-refractivity contribution in [1.29, 1.82) is 5.26 Å². The first-order valence-corrected chi connectivity index (χ1v) is 15.2. The molecule has 2 heterocycles. The van der Waals surface area contributed by atoms with Gasteiger partial charge in [0, 0.05) is 25.2 Å². The average Bonchev–Trinajstić information content (AvgIpc) is 3.13. The summed E-state index contributed by atoms with van der Waals surface area (Å²) in [4.78, 5) is 20.0. The molecule has 0 spiro atoms. The number of hydrogen-bond donors (Lipinski definition) is 0. The van der Waals surface area contributed by atoms with Crippen molar-refractivity contribution in [2.45, 2.75) is 77.6 Å². The molecule has 0 saturated heterocycles. The Labute approximate surface area is 220 Å². The maximum Gasteiger partial charge on any atom is 0.258 e. The monoisotopic (exact) mass is 517 g/mol. The third-order valence-electron chi connectivity index (χ3n) is 7.90. The smallest absolute Gasteiger partial charge is 0.258 e. The van der Waals surface area contributed by atoms with Gasteiger partial charge in [-0.3, -0.25) is 9.78 Å². The van der Waals surface area contributed by atoms with Crippen molar-refractivity contribution in [2.75, 3.05) is 7.05 Å². The van der Waals surface area contributed by atoms with Gasteiger partial charge in [0.1, 0.15) is 17.1 Å². The number of carbonyl (C=O) groups excluding carboxylic acids is 1. The van der Waals surface area contributed by atoms with Crippen LogP contribution in [0, 0.1) is 17.1 Å². The van der Waals surface area contributed by atoms with Crippen molar-refractivity contribution in [3.63, 3.8) is 0 Å². The molecule has 0 radical (unpaired) electrons. The Morgan fingerprint density at radius 3 is 2.27 bits per heavy atom. The maximum atomic E-state index is 13.5. The van der Waals surface area contributed by atoms with Gasteiger partial charge in [0.05, 0.1) is 18.1 Å². The first-order valence-electron chi connectivity index (χ1n) is 13.0. The van der Waals surface area contributed by atoms with Crippen LogP contribution in [-0.4, -0.2) is 31.2 Å². The lowest BCUT2D eigenvalue weighted by Gasteiger charge is -2.42. The summed E-state index contributed by atoms with van der Waals surface area (Å²) in [6.07, 6.45) is 2.58. The van der Waals surface area contributed by atoms with Crippen molar-refractivity contribution in [3.8, 4) is 11.8 Å². The third kappa shape index (κ3) is 4.64. The first-order chi connectivity index (χ1) is 17.5. The Morgan fingerprint density at radius 2 is 1.70 bits per heavy atom. The van der Waals surface area contributed by atoms with Gasteiger partial charge >= 0.3 is 0 Å². The van der Waals surface area contributed by atoms with Crippen LogP contribution in [0.5, 0.6) is 5.75 Å². The zero-order chi connectivity index (χ0) is 27.1. The molecule has 1 aromatic heterocycles. The van der Waals surface area contributed by atoms with Gasteiger partial charge in [-0.15, -0.1) is 0 Å². The normalized spacial score (nSPS) is 13.7. The molecular formula is C30H36FN3O2Si. The molecule has 7 heteroatoms. The molecule has 4 rings (SSSR count). The van der Waals surface area contributed by atoms with Gasteiger partial charge in [-0.2, -0.15) is 5.26 Å². The van der Waals surface area contributed by atoms with E-state index in [1.165, 1.54) is 12.1 Å². The number of hydrogen-bond acceptors (Lipinski definition) is 4. The van der Waals surface area contributed by atoms with Gasteiger partial charge in [0.25, 0.3) is 14.2 Å². The van der Waals surface area contributed by atoms with E-state index in [2.05, 4.69) is 53.7 Å². The summed E-state index contributed by atoms with van der Waals surface area (Å²) in [5.74, 6) is 0.232. The summed E-state index contributed by atoms with van der Waals surface area (Å²) in [6.45, 7) is 13.8. The predicted octanol–water partition coefficient (Wildman–Crippen LogP) is 7.17. The van der Waals surface area contributed by atoms with E-state index >= 15 is 0 Å². The summed E-state index contributed by atoms with van der Waals surface area (Å²) in [7, 11) is -0.617. The number of halogens is 1. The van der Waals surface area contributed by atoms with E-state index in [-0.39, 0.29) is 18.1 Å². The minimum atomic E-state index is -2.41. The zero-order valence-electron chi connectivity index (χ0n) is 22.9. The molecule has 1 aliphatic heterocycles. The van der Waals surface area contributed by atoms with Gasteiger partial charge in [-0.05, 0) is 63.5 Å². The maximum absolute atomic E-state index is 13.5. The molecule has 0 bridgehead atoms. The van der Waals surface area contributed by atoms with Crippen LogP contribution in [0.2, 0.25) is 16.6 Å². The van der Waals surface area contributed by atoms with Crippen LogP contribution in [0.25, 0.3) is 10.9 Å². The largest absolute Gasteiger partial charge is 0.541 e. The lowest BCUT2D eigenvalue weighted by atomic mass is 9.93. The quantitative estimate of drug-likeness (QED) is 0.297. The second-order valence-electron chi connectivity index (χ2n) is 11.1. The van der Waals surface area contributed by atoms with Crippen LogP contribution < -0.4 is 4.43 Å². The lowest BCUT2D eigenvalue weighted by Crippen LogP contribution is -2.51. The highest BCUT2D eigenvalue weighted by atomic mass is 28.4. The number of nitrogens with zero attached hydrogens (tertiary/aromatic N) is 3. The Bertz CT molecular complexity index is 1350. The molecular weight excluding hydrogens is 481 g/mol. The summed E-state index contributed by atoms with van der Waals surface area (Å²) in [5.41, 5.74) is 5.84. The molecule has 0 atom stereocenters. The molecule has 0 unspecified atom stereocenters. The molecule has 37 heavy (non-hydrogen) atoms. The zero-order valence-corrected chi connectivity index (χ0v) is 23.9. The molecule has 194 valence electrons. The Balaban J connectivity index is 1.99. The van der Waals surface area contributed by atoms with Crippen LogP contribution in [-0.2, 0) is 19.4 Å². The Kier molecular flexibility index (Phi) is 7.43. The van der Waals surface area contributed by atoms with Crippen LogP contribution in [0.4, 0.5) is 4.39 Å². The van der Waals surface area contributed by atoms with Gasteiger partial charge < -0.3 is 9.33 Å². The van der Waals surface area contributed by atoms with Gasteiger partial charge in [0.2, 0.25) is 0 Å². The number of nitriles is 1. The SMILES string of the molecule is CC(C)[Si](Oc1c2c(c(CC#N)c3cc(Cc4ccc(F)cc4)cnc13)CN(C)C2=O)(C(C)C)C(C)C. The summed E-state index contributed by atoms with van der Waals surface area (Å²) < 4.78 is 20.6. The number of aromatic nitrogens is 1. The van der Waals surface area contributed by atoms with E-state index in [0.29, 0.717) is 46.4 Å². The molecule has 0 fully saturated rings. The van der Waals surface area contributed by atoms with Crippen LogP contribution in [0.3, 0.4) is 0 Å². The van der Waals surface area contributed by atoms with Gasteiger partial charge in [0.15, 0.2) is 0 Å². The Morgan fingerprint density at radius 1 is 1.08 bits per heavy atom. The van der Waals surface area contributed by atoms with E-state index in [4.69, 9.17) is 9.41 Å². The van der Waals surface area contributed by atoms with Gasteiger partial charge in [-0.1, -0.05) is 53.7 Å². The number of carbonyl (C=O) groups is 1. The number of fused-ring (bicyclic) bond motifs is 2. The summed E-state index contributed by atoms with van der Waals surface area (Å²) in [6, 6.07) is 10.8. The molecule has 3 aromatic rings. The van der Waals surface area contributed by atoms with E-state index in [0.717, 1.165) is 27.6 Å². The third-order valence-corrected chi connectivity index (χ3v) is 13.9. The minimum Gasteiger partial charge on any atom is -0.541 e. The van der Waals surface area contributed by atoms with Crippen molar-refractivity contribution < 1.29 is 13.6 Å². The second-order valence-corrected chi connectivity index (χ2v) is 16.5. The summed E-state index contributed by atoms with van der Waals surface area (Å²) >= 11 is 0. The second kappa shape index (κ2) is 10.3. The van der Waals surface area contributed by atoms with Crippen molar-refractivity contribution in [1.82, 2.24) is 9.88 Å². The fourth-order valence-corrected chi connectivity index (χ4v) is 11.5. The number of rotatable bonds is 8. The van der Waals surface area contributed by atoms with Gasteiger partial charge in [-0.25, -0.2) is 4.39 Å². The van der Waals surface area contributed by atoms with E-state index < -0.39 is 8.32 Å². The van der Waals surface area contributed by atoms with E-state index in [1.807, 2.05) is 6.20 Å². The minimum absolute atomic E-state index is 0.0811. The highest BCUT2D eigenvalue weighted by Crippen LogP contribution is 2.47. The lowest BCUT2D eigenvalue weighted by molar-refractivity contribution is 0.0815. The molecule has 1 aliphatic rings. The molecule has 0 saturated carbocycles. The molecule has 1 amide bonds. The van der Waals surface area contributed by atoms with Crippen molar-refractivity contribution >= 4 is 25.1 Å².